The molecule has 144 valence electrons. The van der Waals surface area contributed by atoms with Gasteiger partial charge in [-0.25, -0.2) is 0 Å². The summed E-state index contributed by atoms with van der Waals surface area (Å²) in [5.41, 5.74) is 1.33. The third-order valence-electron chi connectivity index (χ3n) is 4.32. The molecule has 0 aliphatic carbocycles. The average molecular weight is 385 g/mol. The van der Waals surface area contributed by atoms with Crippen LogP contribution in [0, 0.1) is 11.3 Å². The lowest BCUT2D eigenvalue weighted by atomic mass is 10.2. The molecule has 29 heavy (non-hydrogen) atoms. The molecule has 0 radical (unpaired) electrons. The highest BCUT2D eigenvalue weighted by Gasteiger charge is 2.20. The molecule has 6 nitrogen and oxygen atoms in total. The van der Waals surface area contributed by atoms with Gasteiger partial charge in [-0.15, -0.1) is 0 Å². The largest absolute Gasteiger partial charge is 0.486 e. The van der Waals surface area contributed by atoms with Gasteiger partial charge in [0.2, 0.25) is 11.6 Å². The second-order valence-corrected chi connectivity index (χ2v) is 6.49. The van der Waals surface area contributed by atoms with Gasteiger partial charge in [-0.1, -0.05) is 48.5 Å². The minimum atomic E-state index is 0.219. The molecule has 2 aromatic heterocycles. The third-order valence-corrected chi connectivity index (χ3v) is 4.32. The Hall–Kier alpha value is -3.98. The van der Waals surface area contributed by atoms with Crippen molar-refractivity contribution >= 4 is 5.88 Å². The Bertz CT molecular complexity index is 1110. The lowest BCUT2D eigenvalue weighted by Crippen LogP contribution is -2.16. The quantitative estimate of drug-likeness (QED) is 0.444. The predicted octanol–water partition coefficient (Wildman–Crippen LogP) is 5.02. The number of aromatic nitrogens is 1. The fourth-order valence-electron chi connectivity index (χ4n) is 2.92. The molecule has 2 heterocycles. The molecule has 0 N–H and O–H groups in total. The van der Waals surface area contributed by atoms with Crippen molar-refractivity contribution in [1.82, 2.24) is 4.98 Å². The molecule has 0 amide bonds. The molecule has 0 fully saturated rings. The Morgan fingerprint density at radius 2 is 1.69 bits per heavy atom. The molecule has 4 rings (SSSR count). The number of ether oxygens (including phenoxy) is 1. The Morgan fingerprint density at radius 3 is 2.41 bits per heavy atom. The van der Waals surface area contributed by atoms with Crippen LogP contribution in [-0.2, 0) is 13.2 Å². The predicted molar refractivity (Wildman–Crippen MR) is 108 cm³/mol. The number of nitriles is 1. The fraction of sp³-hybridized carbons (Fsp3) is 0.130. The highest BCUT2D eigenvalue weighted by atomic mass is 16.5. The molecule has 4 aromatic rings. The molecule has 0 unspecified atom stereocenters. The van der Waals surface area contributed by atoms with Crippen LogP contribution >= 0.6 is 0 Å². The van der Waals surface area contributed by atoms with Crippen LogP contribution < -0.4 is 9.64 Å². The number of anilines is 1. The summed E-state index contributed by atoms with van der Waals surface area (Å²) in [4.78, 5) is 6.14. The van der Waals surface area contributed by atoms with E-state index in [4.69, 9.17) is 13.6 Å². The summed E-state index contributed by atoms with van der Waals surface area (Å²) < 4.78 is 17.3. The van der Waals surface area contributed by atoms with Gasteiger partial charge in [0.05, 0.1) is 0 Å². The van der Waals surface area contributed by atoms with Crippen molar-refractivity contribution in [2.24, 2.45) is 0 Å². The van der Waals surface area contributed by atoms with Crippen LogP contribution in [0.5, 0.6) is 5.75 Å². The van der Waals surface area contributed by atoms with Crippen molar-refractivity contribution in [1.29, 1.82) is 5.26 Å². The van der Waals surface area contributed by atoms with Crippen molar-refractivity contribution in [3.63, 3.8) is 0 Å². The van der Waals surface area contributed by atoms with E-state index < -0.39 is 0 Å². The number of oxazole rings is 1. The first-order chi connectivity index (χ1) is 14.2. The van der Waals surface area contributed by atoms with Gasteiger partial charge in [-0.2, -0.15) is 10.2 Å². The summed E-state index contributed by atoms with van der Waals surface area (Å²) in [6.45, 7) is 0.884. The van der Waals surface area contributed by atoms with Gasteiger partial charge in [-0.3, -0.25) is 0 Å². The molecule has 0 saturated carbocycles. The Morgan fingerprint density at radius 1 is 0.966 bits per heavy atom. The zero-order valence-electron chi connectivity index (χ0n) is 15.9. The van der Waals surface area contributed by atoms with Gasteiger partial charge in [-0.05, 0) is 29.8 Å². The van der Waals surface area contributed by atoms with E-state index in [1.54, 1.807) is 6.07 Å². The first-order valence-electron chi connectivity index (χ1n) is 9.16. The molecule has 0 spiro atoms. The van der Waals surface area contributed by atoms with E-state index in [2.05, 4.69) is 11.1 Å². The second-order valence-electron chi connectivity index (χ2n) is 6.49. The van der Waals surface area contributed by atoms with Gasteiger partial charge in [0.1, 0.15) is 24.2 Å². The van der Waals surface area contributed by atoms with Crippen molar-refractivity contribution in [2.75, 3.05) is 11.9 Å². The number of para-hydroxylation sites is 1. The summed E-state index contributed by atoms with van der Waals surface area (Å²) in [6, 6.07) is 25.1. The van der Waals surface area contributed by atoms with Crippen molar-refractivity contribution < 1.29 is 13.6 Å². The molecular formula is C23H19N3O3. The standard InChI is InChI=1S/C23H19N3O3/c1-26(15-17-8-4-2-5-9-17)23-20(14-24)25-22(29-23)21-13-12-19(28-21)16-27-18-10-6-3-7-11-18/h2-13H,15-16H2,1H3. The van der Waals surface area contributed by atoms with Gasteiger partial charge in [0, 0.05) is 13.6 Å². The van der Waals surface area contributed by atoms with Crippen molar-refractivity contribution in [3.8, 4) is 23.5 Å². The minimum absolute atomic E-state index is 0.219. The average Bonchev–Trinajstić information content (AvgIpc) is 3.41. The summed E-state index contributed by atoms with van der Waals surface area (Å²) in [7, 11) is 1.86. The molecular weight excluding hydrogens is 366 g/mol. The summed E-state index contributed by atoms with van der Waals surface area (Å²) in [5.74, 6) is 2.53. The maximum absolute atomic E-state index is 9.46. The molecule has 0 aliphatic heterocycles. The number of furan rings is 1. The number of nitrogens with zero attached hydrogens (tertiary/aromatic N) is 3. The van der Waals surface area contributed by atoms with Crippen LogP contribution in [0.4, 0.5) is 5.88 Å². The normalized spacial score (nSPS) is 10.5. The second kappa shape index (κ2) is 8.36. The topological polar surface area (TPSA) is 75.4 Å². The number of benzene rings is 2. The highest BCUT2D eigenvalue weighted by Crippen LogP contribution is 2.29. The number of rotatable bonds is 7. The monoisotopic (exact) mass is 385 g/mol. The first kappa shape index (κ1) is 18.4. The summed E-state index contributed by atoms with van der Waals surface area (Å²) >= 11 is 0. The maximum atomic E-state index is 9.46. The molecule has 0 aliphatic rings. The number of hydrogen-bond acceptors (Lipinski definition) is 6. The van der Waals surface area contributed by atoms with Crippen LogP contribution in [0.25, 0.3) is 11.7 Å². The SMILES string of the molecule is CN(Cc1ccccc1)c1oc(-c2ccc(COc3ccccc3)o2)nc1C#N. The van der Waals surface area contributed by atoms with Gasteiger partial charge in [0.15, 0.2) is 5.76 Å². The van der Waals surface area contributed by atoms with Crippen LogP contribution in [0.1, 0.15) is 17.0 Å². The number of hydrogen-bond donors (Lipinski definition) is 0. The Kier molecular flexibility index (Phi) is 5.30. The van der Waals surface area contributed by atoms with Crippen LogP contribution in [0.15, 0.2) is 81.6 Å². The fourth-order valence-corrected chi connectivity index (χ4v) is 2.92. The smallest absolute Gasteiger partial charge is 0.266 e. The molecule has 2 aromatic carbocycles. The molecule has 0 atom stereocenters. The molecule has 6 heteroatoms. The van der Waals surface area contributed by atoms with E-state index >= 15 is 0 Å². The lowest BCUT2D eigenvalue weighted by Gasteiger charge is -2.15. The lowest BCUT2D eigenvalue weighted by molar-refractivity contribution is 0.271. The van der Waals surface area contributed by atoms with E-state index in [-0.39, 0.29) is 18.2 Å². The molecule has 0 saturated heterocycles. The zero-order chi connectivity index (χ0) is 20.1. The zero-order valence-corrected chi connectivity index (χ0v) is 15.9. The van der Waals surface area contributed by atoms with E-state index in [1.165, 1.54) is 0 Å². The minimum Gasteiger partial charge on any atom is -0.486 e. The van der Waals surface area contributed by atoms with Gasteiger partial charge in [0.25, 0.3) is 5.89 Å². The van der Waals surface area contributed by atoms with Crippen molar-refractivity contribution in [3.05, 3.63) is 89.8 Å². The van der Waals surface area contributed by atoms with E-state index in [0.29, 0.717) is 23.9 Å². The van der Waals surface area contributed by atoms with Crippen molar-refractivity contribution in [2.45, 2.75) is 13.2 Å². The van der Waals surface area contributed by atoms with E-state index in [9.17, 15) is 5.26 Å². The Labute approximate surface area is 168 Å². The van der Waals surface area contributed by atoms with Crippen LogP contribution in [0.3, 0.4) is 0 Å². The first-order valence-corrected chi connectivity index (χ1v) is 9.16. The third kappa shape index (κ3) is 4.30. The van der Waals surface area contributed by atoms with Crippen LogP contribution in [-0.4, -0.2) is 12.0 Å². The Balaban J connectivity index is 1.49. The molecule has 0 bridgehead atoms. The highest BCUT2D eigenvalue weighted by molar-refractivity contribution is 5.55. The van der Waals surface area contributed by atoms with E-state index in [0.717, 1.165) is 11.3 Å². The summed E-state index contributed by atoms with van der Waals surface area (Å²) in [6.07, 6.45) is 0. The van der Waals surface area contributed by atoms with E-state index in [1.807, 2.05) is 78.7 Å². The maximum Gasteiger partial charge on any atom is 0.266 e. The van der Waals surface area contributed by atoms with Gasteiger partial charge < -0.3 is 18.5 Å². The summed E-state index contributed by atoms with van der Waals surface area (Å²) in [5, 5.41) is 9.46. The van der Waals surface area contributed by atoms with Gasteiger partial charge >= 0.3 is 0 Å². The van der Waals surface area contributed by atoms with Crippen LogP contribution in [0.2, 0.25) is 0 Å².